The normalized spacial score (nSPS) is 12.5. The number of halogens is 1. The molecule has 0 aliphatic heterocycles. The quantitative estimate of drug-likeness (QED) is 0.802. The second-order valence-electron chi connectivity index (χ2n) is 4.79. The Morgan fingerprint density at radius 2 is 1.86 bits per heavy atom. The van der Waals surface area contributed by atoms with Gasteiger partial charge in [-0.25, -0.2) is 9.37 Å². The molecule has 1 heterocycles. The standard InChI is InChI=1S/C16H13FN2O2/c17-12-7-5-11(6-8-12)15(20)9-19-10-18-14-4-2-1-3-13(14)16(19)21/h1-8,10,15,20H,9H2/t15-/m0/s1. The predicted octanol–water partition coefficient (Wildman–Crippen LogP) is 2.27. The lowest BCUT2D eigenvalue weighted by Gasteiger charge is -2.13. The summed E-state index contributed by atoms with van der Waals surface area (Å²) < 4.78 is 14.2. The number of aromatic nitrogens is 2. The van der Waals surface area contributed by atoms with E-state index in [0.717, 1.165) is 0 Å². The van der Waals surface area contributed by atoms with Crippen molar-refractivity contribution in [1.29, 1.82) is 0 Å². The molecule has 0 amide bonds. The van der Waals surface area contributed by atoms with Crippen LogP contribution in [0, 0.1) is 5.82 Å². The van der Waals surface area contributed by atoms with Gasteiger partial charge in [-0.2, -0.15) is 0 Å². The molecular formula is C16H13FN2O2. The zero-order valence-corrected chi connectivity index (χ0v) is 11.1. The molecule has 1 aromatic heterocycles. The van der Waals surface area contributed by atoms with Crippen molar-refractivity contribution in [2.24, 2.45) is 0 Å². The number of rotatable bonds is 3. The molecular weight excluding hydrogens is 271 g/mol. The summed E-state index contributed by atoms with van der Waals surface area (Å²) in [4.78, 5) is 16.5. The number of hydrogen-bond donors (Lipinski definition) is 1. The number of para-hydroxylation sites is 1. The van der Waals surface area contributed by atoms with Gasteiger partial charge in [-0.3, -0.25) is 9.36 Å². The van der Waals surface area contributed by atoms with E-state index in [4.69, 9.17) is 0 Å². The number of aliphatic hydroxyl groups is 1. The van der Waals surface area contributed by atoms with Crippen LogP contribution in [0.1, 0.15) is 11.7 Å². The maximum atomic E-state index is 12.9. The summed E-state index contributed by atoms with van der Waals surface area (Å²) in [6, 6.07) is 12.6. The molecule has 3 aromatic rings. The van der Waals surface area contributed by atoms with Gasteiger partial charge in [0.25, 0.3) is 5.56 Å². The molecule has 2 aromatic carbocycles. The number of benzene rings is 2. The zero-order valence-electron chi connectivity index (χ0n) is 11.1. The summed E-state index contributed by atoms with van der Waals surface area (Å²) in [5.74, 6) is -0.365. The average molecular weight is 284 g/mol. The molecule has 4 nitrogen and oxygen atoms in total. The molecule has 21 heavy (non-hydrogen) atoms. The van der Waals surface area contributed by atoms with Gasteiger partial charge in [0.1, 0.15) is 5.82 Å². The summed E-state index contributed by atoms with van der Waals surface area (Å²) in [5, 5.41) is 10.7. The van der Waals surface area contributed by atoms with Gasteiger partial charge in [0.05, 0.1) is 29.9 Å². The highest BCUT2D eigenvalue weighted by Crippen LogP contribution is 2.15. The summed E-state index contributed by atoms with van der Waals surface area (Å²) in [5.41, 5.74) is 0.966. The molecule has 1 atom stereocenters. The van der Waals surface area contributed by atoms with Crippen LogP contribution < -0.4 is 5.56 Å². The Kier molecular flexibility index (Phi) is 3.50. The second kappa shape index (κ2) is 5.46. The fourth-order valence-corrected chi connectivity index (χ4v) is 2.21. The van der Waals surface area contributed by atoms with Crippen LogP contribution in [0.2, 0.25) is 0 Å². The fraction of sp³-hybridized carbons (Fsp3) is 0.125. The van der Waals surface area contributed by atoms with E-state index in [9.17, 15) is 14.3 Å². The van der Waals surface area contributed by atoms with Crippen molar-refractivity contribution in [3.05, 3.63) is 76.6 Å². The van der Waals surface area contributed by atoms with E-state index in [1.54, 1.807) is 18.2 Å². The molecule has 0 spiro atoms. The first-order chi connectivity index (χ1) is 10.1. The first kappa shape index (κ1) is 13.5. The molecule has 0 saturated heterocycles. The third kappa shape index (κ3) is 2.68. The van der Waals surface area contributed by atoms with Crippen molar-refractivity contribution < 1.29 is 9.50 Å². The highest BCUT2D eigenvalue weighted by molar-refractivity contribution is 5.76. The molecule has 0 aliphatic carbocycles. The number of fused-ring (bicyclic) bond motifs is 1. The Balaban J connectivity index is 1.93. The van der Waals surface area contributed by atoms with E-state index in [2.05, 4.69) is 4.98 Å². The van der Waals surface area contributed by atoms with E-state index in [-0.39, 0.29) is 17.9 Å². The number of hydrogen-bond acceptors (Lipinski definition) is 3. The summed E-state index contributed by atoms with van der Waals surface area (Å²) in [7, 11) is 0. The Labute approximate surface area is 120 Å². The largest absolute Gasteiger partial charge is 0.387 e. The van der Waals surface area contributed by atoms with Crippen LogP contribution in [-0.4, -0.2) is 14.7 Å². The molecule has 0 aliphatic rings. The first-order valence-corrected chi connectivity index (χ1v) is 6.53. The van der Waals surface area contributed by atoms with Crippen LogP contribution in [0.25, 0.3) is 10.9 Å². The van der Waals surface area contributed by atoms with Gasteiger partial charge in [-0.1, -0.05) is 24.3 Å². The van der Waals surface area contributed by atoms with Gasteiger partial charge in [-0.15, -0.1) is 0 Å². The van der Waals surface area contributed by atoms with Crippen molar-refractivity contribution in [1.82, 2.24) is 9.55 Å². The van der Waals surface area contributed by atoms with Crippen molar-refractivity contribution >= 4 is 10.9 Å². The van der Waals surface area contributed by atoms with Gasteiger partial charge in [-0.05, 0) is 29.8 Å². The van der Waals surface area contributed by atoms with Gasteiger partial charge in [0, 0.05) is 0 Å². The molecule has 106 valence electrons. The lowest BCUT2D eigenvalue weighted by Crippen LogP contribution is -2.23. The maximum Gasteiger partial charge on any atom is 0.261 e. The van der Waals surface area contributed by atoms with E-state index < -0.39 is 6.10 Å². The van der Waals surface area contributed by atoms with E-state index in [1.165, 1.54) is 35.2 Å². The van der Waals surface area contributed by atoms with E-state index >= 15 is 0 Å². The minimum Gasteiger partial charge on any atom is -0.387 e. The number of aliphatic hydroxyl groups excluding tert-OH is 1. The van der Waals surface area contributed by atoms with Crippen molar-refractivity contribution in [3.63, 3.8) is 0 Å². The van der Waals surface area contributed by atoms with E-state index in [0.29, 0.717) is 16.5 Å². The SMILES string of the molecule is O=c1c2ccccc2ncn1C[C@H](O)c1ccc(F)cc1. The highest BCUT2D eigenvalue weighted by atomic mass is 19.1. The number of nitrogens with zero attached hydrogens (tertiary/aromatic N) is 2. The van der Waals surface area contributed by atoms with Crippen LogP contribution >= 0.6 is 0 Å². The predicted molar refractivity (Wildman–Crippen MR) is 77.4 cm³/mol. The Morgan fingerprint density at radius 3 is 2.62 bits per heavy atom. The topological polar surface area (TPSA) is 55.1 Å². The summed E-state index contributed by atoms with van der Waals surface area (Å²) >= 11 is 0. The molecule has 0 radical (unpaired) electrons. The second-order valence-corrected chi connectivity index (χ2v) is 4.79. The minimum absolute atomic E-state index is 0.0717. The molecule has 0 unspecified atom stereocenters. The van der Waals surface area contributed by atoms with Crippen molar-refractivity contribution in [3.8, 4) is 0 Å². The Morgan fingerprint density at radius 1 is 1.14 bits per heavy atom. The Bertz CT molecular complexity index is 828. The monoisotopic (exact) mass is 284 g/mol. The third-order valence-electron chi connectivity index (χ3n) is 3.36. The Hall–Kier alpha value is -2.53. The highest BCUT2D eigenvalue weighted by Gasteiger charge is 2.11. The smallest absolute Gasteiger partial charge is 0.261 e. The van der Waals surface area contributed by atoms with Crippen LogP contribution in [0.4, 0.5) is 4.39 Å². The van der Waals surface area contributed by atoms with Gasteiger partial charge in [0.15, 0.2) is 0 Å². The van der Waals surface area contributed by atoms with Crippen LogP contribution in [0.15, 0.2) is 59.7 Å². The molecule has 0 fully saturated rings. The van der Waals surface area contributed by atoms with E-state index in [1.807, 2.05) is 6.07 Å². The molecule has 3 rings (SSSR count). The molecule has 0 bridgehead atoms. The van der Waals surface area contributed by atoms with Gasteiger partial charge in [0.2, 0.25) is 0 Å². The lowest BCUT2D eigenvalue weighted by atomic mass is 10.1. The third-order valence-corrected chi connectivity index (χ3v) is 3.36. The first-order valence-electron chi connectivity index (χ1n) is 6.53. The van der Waals surface area contributed by atoms with Crippen LogP contribution in [0.3, 0.4) is 0 Å². The minimum atomic E-state index is -0.897. The zero-order chi connectivity index (χ0) is 14.8. The fourth-order valence-electron chi connectivity index (χ4n) is 2.21. The van der Waals surface area contributed by atoms with Gasteiger partial charge >= 0.3 is 0 Å². The molecule has 0 saturated carbocycles. The van der Waals surface area contributed by atoms with Crippen molar-refractivity contribution in [2.75, 3.05) is 0 Å². The molecule has 1 N–H and O–H groups in total. The lowest BCUT2D eigenvalue weighted by molar-refractivity contribution is 0.155. The summed E-state index contributed by atoms with van der Waals surface area (Å²) in [6.45, 7) is 0.0717. The maximum absolute atomic E-state index is 12.9. The summed E-state index contributed by atoms with van der Waals surface area (Å²) in [6.07, 6.45) is 0.517. The van der Waals surface area contributed by atoms with Gasteiger partial charge < -0.3 is 5.11 Å². The molecule has 5 heteroatoms. The van der Waals surface area contributed by atoms with Crippen LogP contribution in [0.5, 0.6) is 0 Å². The van der Waals surface area contributed by atoms with Crippen molar-refractivity contribution in [2.45, 2.75) is 12.6 Å². The van der Waals surface area contributed by atoms with Crippen LogP contribution in [-0.2, 0) is 6.54 Å². The average Bonchev–Trinajstić information content (AvgIpc) is 2.51.